The summed E-state index contributed by atoms with van der Waals surface area (Å²) in [6.07, 6.45) is 0.998. The van der Waals surface area contributed by atoms with Crippen molar-refractivity contribution in [2.45, 2.75) is 20.3 Å². The van der Waals surface area contributed by atoms with E-state index in [9.17, 15) is 5.11 Å². The lowest BCUT2D eigenvalue weighted by atomic mass is 9.97. The summed E-state index contributed by atoms with van der Waals surface area (Å²) in [4.78, 5) is 0. The number of fused-ring (bicyclic) bond motifs is 3. The van der Waals surface area contributed by atoms with Gasteiger partial charge in [0.1, 0.15) is 5.75 Å². The molecule has 1 heteroatoms. The van der Waals surface area contributed by atoms with Crippen molar-refractivity contribution >= 4 is 0 Å². The zero-order chi connectivity index (χ0) is 11.3. The van der Waals surface area contributed by atoms with Gasteiger partial charge >= 0.3 is 0 Å². The molecule has 80 valence electrons. The number of rotatable bonds is 0. The SMILES string of the molecule is Cc1c(O)cc2c(c1C)Cc1ccccc1-2. The number of hydrogen-bond acceptors (Lipinski definition) is 1. The molecule has 0 heterocycles. The van der Waals surface area contributed by atoms with E-state index in [0.29, 0.717) is 5.75 Å². The summed E-state index contributed by atoms with van der Waals surface area (Å²) in [7, 11) is 0. The molecule has 0 atom stereocenters. The van der Waals surface area contributed by atoms with Crippen LogP contribution in [0.1, 0.15) is 22.3 Å². The first-order valence-corrected chi connectivity index (χ1v) is 5.59. The topological polar surface area (TPSA) is 20.2 Å². The standard InChI is InChI=1S/C15H14O/c1-9-10(2)15(16)8-14-12-6-4-3-5-11(12)7-13(9)14/h3-6,8,16H,7H2,1-2H3. The molecule has 0 aliphatic heterocycles. The van der Waals surface area contributed by atoms with Gasteiger partial charge in [0.05, 0.1) is 0 Å². The van der Waals surface area contributed by atoms with Crippen LogP contribution in [0.5, 0.6) is 5.75 Å². The Kier molecular flexibility index (Phi) is 1.84. The molecule has 0 aromatic heterocycles. The van der Waals surface area contributed by atoms with Crippen LogP contribution >= 0.6 is 0 Å². The second-order valence-electron chi connectivity index (χ2n) is 4.51. The Hall–Kier alpha value is -1.76. The average Bonchev–Trinajstić information content (AvgIpc) is 2.65. The fraction of sp³-hybridized carbons (Fsp3) is 0.200. The highest BCUT2D eigenvalue weighted by Gasteiger charge is 2.21. The lowest BCUT2D eigenvalue weighted by Crippen LogP contribution is -1.90. The van der Waals surface area contributed by atoms with E-state index in [1.807, 2.05) is 13.0 Å². The molecule has 3 rings (SSSR count). The Bertz CT molecular complexity index is 582. The molecule has 0 saturated carbocycles. The molecule has 16 heavy (non-hydrogen) atoms. The summed E-state index contributed by atoms with van der Waals surface area (Å²) >= 11 is 0. The zero-order valence-electron chi connectivity index (χ0n) is 9.54. The summed E-state index contributed by atoms with van der Waals surface area (Å²) in [5, 5.41) is 9.89. The van der Waals surface area contributed by atoms with E-state index in [2.05, 4.69) is 31.2 Å². The molecule has 1 aliphatic carbocycles. The number of hydrogen-bond donors (Lipinski definition) is 1. The van der Waals surface area contributed by atoms with Crippen LogP contribution < -0.4 is 0 Å². The van der Waals surface area contributed by atoms with Crippen molar-refractivity contribution in [3.8, 4) is 16.9 Å². The Morgan fingerprint density at radius 1 is 1.00 bits per heavy atom. The van der Waals surface area contributed by atoms with Crippen molar-refractivity contribution in [3.05, 3.63) is 52.6 Å². The van der Waals surface area contributed by atoms with Crippen molar-refractivity contribution in [1.29, 1.82) is 0 Å². The third kappa shape index (κ3) is 1.12. The second kappa shape index (κ2) is 3.11. The van der Waals surface area contributed by atoms with Crippen molar-refractivity contribution in [2.75, 3.05) is 0 Å². The van der Waals surface area contributed by atoms with Gasteiger partial charge in [0, 0.05) is 0 Å². The number of benzene rings is 2. The molecule has 0 bridgehead atoms. The molecule has 0 spiro atoms. The Labute approximate surface area is 95.4 Å². The average molecular weight is 210 g/mol. The van der Waals surface area contributed by atoms with Gasteiger partial charge in [-0.1, -0.05) is 24.3 Å². The maximum Gasteiger partial charge on any atom is 0.119 e. The van der Waals surface area contributed by atoms with Crippen LogP contribution in [0.25, 0.3) is 11.1 Å². The van der Waals surface area contributed by atoms with Gasteiger partial charge in [-0.25, -0.2) is 0 Å². The van der Waals surface area contributed by atoms with Crippen LogP contribution in [0.2, 0.25) is 0 Å². The monoisotopic (exact) mass is 210 g/mol. The predicted octanol–water partition coefficient (Wildman–Crippen LogP) is 3.58. The molecular weight excluding hydrogens is 196 g/mol. The molecule has 0 saturated heterocycles. The number of aromatic hydroxyl groups is 1. The molecule has 0 unspecified atom stereocenters. The minimum atomic E-state index is 0.410. The molecule has 0 amide bonds. The van der Waals surface area contributed by atoms with Gasteiger partial charge in [-0.3, -0.25) is 0 Å². The van der Waals surface area contributed by atoms with Gasteiger partial charge in [0.25, 0.3) is 0 Å². The maximum absolute atomic E-state index is 9.89. The highest BCUT2D eigenvalue weighted by Crippen LogP contribution is 2.41. The Balaban J connectivity index is 2.34. The lowest BCUT2D eigenvalue weighted by Gasteiger charge is -2.09. The second-order valence-corrected chi connectivity index (χ2v) is 4.51. The molecule has 1 aliphatic rings. The van der Waals surface area contributed by atoms with Crippen molar-refractivity contribution < 1.29 is 5.11 Å². The first-order chi connectivity index (χ1) is 7.68. The largest absolute Gasteiger partial charge is 0.508 e. The summed E-state index contributed by atoms with van der Waals surface area (Å²) in [5.41, 5.74) is 7.45. The fourth-order valence-corrected chi connectivity index (χ4v) is 2.55. The van der Waals surface area contributed by atoms with Gasteiger partial charge in [-0.15, -0.1) is 0 Å². The fourth-order valence-electron chi connectivity index (χ4n) is 2.55. The van der Waals surface area contributed by atoms with Crippen LogP contribution in [0, 0.1) is 13.8 Å². The minimum Gasteiger partial charge on any atom is -0.508 e. The molecular formula is C15H14O. The van der Waals surface area contributed by atoms with Crippen LogP contribution in [0.4, 0.5) is 0 Å². The molecule has 0 fully saturated rings. The normalized spacial score (nSPS) is 12.4. The van der Waals surface area contributed by atoms with Gasteiger partial charge in [0.15, 0.2) is 0 Å². The third-order valence-corrected chi connectivity index (χ3v) is 3.68. The number of phenolic OH excluding ortho intramolecular Hbond substituents is 1. The van der Waals surface area contributed by atoms with Gasteiger partial charge < -0.3 is 5.11 Å². The van der Waals surface area contributed by atoms with Gasteiger partial charge in [-0.05, 0) is 59.7 Å². The quantitative estimate of drug-likeness (QED) is 0.601. The van der Waals surface area contributed by atoms with Crippen LogP contribution in [0.3, 0.4) is 0 Å². The van der Waals surface area contributed by atoms with Crippen LogP contribution in [-0.4, -0.2) is 5.11 Å². The maximum atomic E-state index is 9.89. The molecule has 0 radical (unpaired) electrons. The van der Waals surface area contributed by atoms with Gasteiger partial charge in [0.2, 0.25) is 0 Å². The first-order valence-electron chi connectivity index (χ1n) is 5.59. The lowest BCUT2D eigenvalue weighted by molar-refractivity contribution is 0.470. The van der Waals surface area contributed by atoms with Crippen molar-refractivity contribution in [1.82, 2.24) is 0 Å². The highest BCUT2D eigenvalue weighted by atomic mass is 16.3. The molecule has 1 N–H and O–H groups in total. The molecule has 2 aromatic rings. The smallest absolute Gasteiger partial charge is 0.119 e. The minimum absolute atomic E-state index is 0.410. The highest BCUT2D eigenvalue weighted by molar-refractivity contribution is 5.79. The van der Waals surface area contributed by atoms with Crippen LogP contribution in [-0.2, 0) is 6.42 Å². The molecule has 1 nitrogen and oxygen atoms in total. The summed E-state index contributed by atoms with van der Waals surface area (Å²) in [5.74, 6) is 0.410. The summed E-state index contributed by atoms with van der Waals surface area (Å²) in [6, 6.07) is 10.3. The third-order valence-electron chi connectivity index (χ3n) is 3.68. The number of phenols is 1. The van der Waals surface area contributed by atoms with E-state index in [1.165, 1.54) is 27.8 Å². The first kappa shape index (κ1) is 9.46. The predicted molar refractivity (Wildman–Crippen MR) is 65.8 cm³/mol. The van der Waals surface area contributed by atoms with E-state index < -0.39 is 0 Å². The summed E-state index contributed by atoms with van der Waals surface area (Å²) in [6.45, 7) is 4.08. The van der Waals surface area contributed by atoms with Crippen LogP contribution in [0.15, 0.2) is 30.3 Å². The van der Waals surface area contributed by atoms with E-state index >= 15 is 0 Å². The van der Waals surface area contributed by atoms with E-state index in [0.717, 1.165) is 12.0 Å². The summed E-state index contributed by atoms with van der Waals surface area (Å²) < 4.78 is 0. The Morgan fingerprint density at radius 3 is 2.56 bits per heavy atom. The van der Waals surface area contributed by atoms with Crippen molar-refractivity contribution in [3.63, 3.8) is 0 Å². The van der Waals surface area contributed by atoms with E-state index in [1.54, 1.807) is 0 Å². The molecule has 2 aromatic carbocycles. The zero-order valence-corrected chi connectivity index (χ0v) is 9.54. The Morgan fingerprint density at radius 2 is 1.75 bits per heavy atom. The van der Waals surface area contributed by atoms with E-state index in [4.69, 9.17) is 0 Å². The van der Waals surface area contributed by atoms with Gasteiger partial charge in [-0.2, -0.15) is 0 Å². The van der Waals surface area contributed by atoms with E-state index in [-0.39, 0.29) is 0 Å². The van der Waals surface area contributed by atoms with Crippen molar-refractivity contribution in [2.24, 2.45) is 0 Å².